The molecule has 3 aromatic rings. The van der Waals surface area contributed by atoms with E-state index >= 15 is 0 Å². The molecule has 0 aromatic heterocycles. The van der Waals surface area contributed by atoms with E-state index in [0.29, 0.717) is 5.75 Å². The van der Waals surface area contributed by atoms with Crippen LogP contribution in [0.3, 0.4) is 0 Å². The van der Waals surface area contributed by atoms with Crippen LogP contribution >= 0.6 is 0 Å². The third-order valence-corrected chi connectivity index (χ3v) is 3.34. The Morgan fingerprint density at radius 3 is 2.11 bits per heavy atom. The van der Waals surface area contributed by atoms with Crippen molar-refractivity contribution < 1.29 is 5.11 Å². The van der Waals surface area contributed by atoms with Gasteiger partial charge in [-0.25, -0.2) is 0 Å². The Labute approximate surface area is 106 Å². The van der Waals surface area contributed by atoms with Crippen LogP contribution in [0.2, 0.25) is 0 Å². The molecule has 0 radical (unpaired) electrons. The molecular weight excluding hydrogens is 220 g/mol. The highest BCUT2D eigenvalue weighted by atomic mass is 16.3. The average Bonchev–Trinajstić information content (AvgIpc) is 2.41. The normalized spacial score (nSPS) is 10.7. The summed E-state index contributed by atoms with van der Waals surface area (Å²) < 4.78 is 0. The molecule has 3 rings (SSSR count). The van der Waals surface area contributed by atoms with Gasteiger partial charge in [0, 0.05) is 5.56 Å². The lowest BCUT2D eigenvalue weighted by atomic mass is 9.95. The number of para-hydroxylation sites is 1. The summed E-state index contributed by atoms with van der Waals surface area (Å²) in [6.07, 6.45) is 0. The maximum Gasteiger partial charge on any atom is 0.123 e. The molecule has 3 aromatic carbocycles. The molecule has 0 unspecified atom stereocenters. The van der Waals surface area contributed by atoms with Gasteiger partial charge in [-0.3, -0.25) is 0 Å². The minimum Gasteiger partial charge on any atom is -0.507 e. The second-order valence-corrected chi connectivity index (χ2v) is 4.49. The monoisotopic (exact) mass is 234 g/mol. The van der Waals surface area contributed by atoms with Gasteiger partial charge in [-0.05, 0) is 34.9 Å². The summed E-state index contributed by atoms with van der Waals surface area (Å²) in [7, 11) is 0. The quantitative estimate of drug-likeness (QED) is 0.656. The molecule has 18 heavy (non-hydrogen) atoms. The van der Waals surface area contributed by atoms with E-state index in [-0.39, 0.29) is 0 Å². The first-order chi connectivity index (χ1) is 8.77. The van der Waals surface area contributed by atoms with Crippen molar-refractivity contribution in [3.05, 3.63) is 66.2 Å². The van der Waals surface area contributed by atoms with E-state index < -0.39 is 0 Å². The minimum atomic E-state index is 0.325. The fourth-order valence-electron chi connectivity index (χ4n) is 2.39. The predicted octanol–water partition coefficient (Wildman–Crippen LogP) is 4.52. The Kier molecular flexibility index (Phi) is 2.52. The highest BCUT2D eigenvalue weighted by molar-refractivity contribution is 5.99. The molecule has 0 aliphatic rings. The minimum absolute atomic E-state index is 0.325. The van der Waals surface area contributed by atoms with Crippen LogP contribution in [-0.2, 0) is 0 Å². The number of hydrogen-bond acceptors (Lipinski definition) is 1. The SMILES string of the molecule is Cc1ccc(-c2ccccc2O)c2ccccc12. The molecular formula is C17H14O. The molecule has 0 spiro atoms. The second kappa shape index (κ2) is 4.19. The van der Waals surface area contributed by atoms with E-state index in [1.165, 1.54) is 16.3 Å². The molecule has 0 fully saturated rings. The summed E-state index contributed by atoms with van der Waals surface area (Å²) in [5, 5.41) is 12.4. The van der Waals surface area contributed by atoms with E-state index in [1.54, 1.807) is 6.07 Å². The summed E-state index contributed by atoms with van der Waals surface area (Å²) in [6, 6.07) is 19.9. The highest BCUT2D eigenvalue weighted by Gasteiger charge is 2.08. The molecule has 1 N–H and O–H groups in total. The summed E-state index contributed by atoms with van der Waals surface area (Å²) >= 11 is 0. The Morgan fingerprint density at radius 1 is 0.667 bits per heavy atom. The lowest BCUT2D eigenvalue weighted by Gasteiger charge is -2.10. The van der Waals surface area contributed by atoms with Crippen molar-refractivity contribution in [2.75, 3.05) is 0 Å². The predicted molar refractivity (Wildman–Crippen MR) is 75.8 cm³/mol. The zero-order valence-electron chi connectivity index (χ0n) is 10.2. The first-order valence-corrected chi connectivity index (χ1v) is 6.04. The van der Waals surface area contributed by atoms with Crippen molar-refractivity contribution in [3.8, 4) is 16.9 Å². The Bertz CT molecular complexity index is 714. The smallest absolute Gasteiger partial charge is 0.123 e. The molecule has 0 amide bonds. The third-order valence-electron chi connectivity index (χ3n) is 3.34. The van der Waals surface area contributed by atoms with Crippen LogP contribution < -0.4 is 0 Å². The topological polar surface area (TPSA) is 20.2 Å². The summed E-state index contributed by atoms with van der Waals surface area (Å²) in [5.41, 5.74) is 3.22. The van der Waals surface area contributed by atoms with Crippen molar-refractivity contribution >= 4 is 10.8 Å². The summed E-state index contributed by atoms with van der Waals surface area (Å²) in [6.45, 7) is 2.11. The first-order valence-electron chi connectivity index (χ1n) is 6.04. The maximum absolute atomic E-state index is 9.99. The molecule has 0 bridgehead atoms. The third kappa shape index (κ3) is 1.65. The Hall–Kier alpha value is -2.28. The number of phenols is 1. The molecule has 1 nitrogen and oxygen atoms in total. The fourth-order valence-corrected chi connectivity index (χ4v) is 2.39. The summed E-state index contributed by atoms with van der Waals surface area (Å²) in [4.78, 5) is 0. The van der Waals surface area contributed by atoms with Crippen LogP contribution in [0.5, 0.6) is 5.75 Å². The number of fused-ring (bicyclic) bond motifs is 1. The van der Waals surface area contributed by atoms with Gasteiger partial charge in [0.2, 0.25) is 0 Å². The molecule has 0 heterocycles. The van der Waals surface area contributed by atoms with Gasteiger partial charge in [0.05, 0.1) is 0 Å². The molecule has 88 valence electrons. The lowest BCUT2D eigenvalue weighted by molar-refractivity contribution is 0.477. The maximum atomic E-state index is 9.99. The van der Waals surface area contributed by atoms with Crippen molar-refractivity contribution in [2.45, 2.75) is 6.92 Å². The molecule has 0 aliphatic carbocycles. The van der Waals surface area contributed by atoms with Gasteiger partial charge < -0.3 is 5.11 Å². The van der Waals surface area contributed by atoms with Gasteiger partial charge in [0.25, 0.3) is 0 Å². The molecule has 0 saturated carbocycles. The van der Waals surface area contributed by atoms with Crippen LogP contribution in [0.15, 0.2) is 60.7 Å². The Balaban J connectivity index is 2.38. The van der Waals surface area contributed by atoms with Crippen LogP contribution in [0, 0.1) is 6.92 Å². The first kappa shape index (κ1) is 10.8. The van der Waals surface area contributed by atoms with E-state index in [2.05, 4.69) is 31.2 Å². The van der Waals surface area contributed by atoms with Gasteiger partial charge in [-0.15, -0.1) is 0 Å². The number of rotatable bonds is 1. The van der Waals surface area contributed by atoms with E-state index in [4.69, 9.17) is 0 Å². The van der Waals surface area contributed by atoms with Crippen molar-refractivity contribution in [3.63, 3.8) is 0 Å². The fraction of sp³-hybridized carbons (Fsp3) is 0.0588. The van der Waals surface area contributed by atoms with Crippen molar-refractivity contribution in [2.24, 2.45) is 0 Å². The van der Waals surface area contributed by atoms with Crippen LogP contribution in [0.4, 0.5) is 0 Å². The molecule has 0 aliphatic heterocycles. The number of phenolic OH excluding ortho intramolecular Hbond substituents is 1. The van der Waals surface area contributed by atoms with Crippen molar-refractivity contribution in [1.29, 1.82) is 0 Å². The van der Waals surface area contributed by atoms with E-state index in [1.807, 2.05) is 30.3 Å². The van der Waals surface area contributed by atoms with Crippen molar-refractivity contribution in [1.82, 2.24) is 0 Å². The van der Waals surface area contributed by atoms with Crippen LogP contribution in [-0.4, -0.2) is 5.11 Å². The molecule has 1 heteroatoms. The summed E-state index contributed by atoms with van der Waals surface area (Å²) in [5.74, 6) is 0.325. The number of benzene rings is 3. The van der Waals surface area contributed by atoms with Gasteiger partial charge in [-0.2, -0.15) is 0 Å². The zero-order valence-corrected chi connectivity index (χ0v) is 10.2. The standard InChI is InChI=1S/C17H14O/c1-12-10-11-15(14-7-3-2-6-13(12)14)16-8-4-5-9-17(16)18/h2-11,18H,1H3. The largest absolute Gasteiger partial charge is 0.507 e. The number of hydrogen-bond donors (Lipinski definition) is 1. The van der Waals surface area contributed by atoms with E-state index in [9.17, 15) is 5.11 Å². The average molecular weight is 234 g/mol. The van der Waals surface area contributed by atoms with Gasteiger partial charge in [0.1, 0.15) is 5.75 Å². The van der Waals surface area contributed by atoms with E-state index in [0.717, 1.165) is 11.1 Å². The van der Waals surface area contributed by atoms with Crippen LogP contribution in [0.25, 0.3) is 21.9 Å². The van der Waals surface area contributed by atoms with Gasteiger partial charge in [-0.1, -0.05) is 54.6 Å². The van der Waals surface area contributed by atoms with Gasteiger partial charge in [0.15, 0.2) is 0 Å². The van der Waals surface area contributed by atoms with Crippen LogP contribution in [0.1, 0.15) is 5.56 Å². The molecule has 0 saturated heterocycles. The van der Waals surface area contributed by atoms with Gasteiger partial charge >= 0.3 is 0 Å². The number of aromatic hydroxyl groups is 1. The molecule has 0 atom stereocenters. The highest BCUT2D eigenvalue weighted by Crippen LogP contribution is 2.35. The Morgan fingerprint density at radius 2 is 1.33 bits per heavy atom. The lowest BCUT2D eigenvalue weighted by Crippen LogP contribution is -1.84. The number of aryl methyl sites for hydroxylation is 1. The zero-order chi connectivity index (χ0) is 12.5. The second-order valence-electron chi connectivity index (χ2n) is 4.49.